The number of aromatic hydroxyl groups is 1. The zero-order valence-corrected chi connectivity index (χ0v) is 16.6. The lowest BCUT2D eigenvalue weighted by Crippen LogP contribution is -2.41. The Morgan fingerprint density at radius 2 is 2.13 bits per heavy atom. The van der Waals surface area contributed by atoms with Gasteiger partial charge in [0.1, 0.15) is 10.8 Å². The molecule has 3 heterocycles. The average molecular weight is 429 g/mol. The number of carbonyl (C=O) groups excluding carboxylic acids is 2. The SMILES string of the molecule is COC(=O)c1cc(F)ccc1CN1CCn2cc(-c3nccs3)c(=O)c(O)c2C1=O. The van der Waals surface area contributed by atoms with E-state index in [-0.39, 0.29) is 29.9 Å². The lowest BCUT2D eigenvalue weighted by atomic mass is 10.1. The molecule has 0 radical (unpaired) electrons. The molecule has 0 atom stereocenters. The highest BCUT2D eigenvalue weighted by atomic mass is 32.1. The second-order valence-corrected chi connectivity index (χ2v) is 7.51. The van der Waals surface area contributed by atoms with Gasteiger partial charge in [0.15, 0.2) is 11.4 Å². The topological polar surface area (TPSA) is 102 Å². The lowest BCUT2D eigenvalue weighted by Gasteiger charge is -2.31. The van der Waals surface area contributed by atoms with E-state index in [9.17, 15) is 23.9 Å². The second-order valence-electron chi connectivity index (χ2n) is 6.62. The molecule has 0 saturated heterocycles. The van der Waals surface area contributed by atoms with E-state index in [4.69, 9.17) is 0 Å². The van der Waals surface area contributed by atoms with Crippen LogP contribution in [0, 0.1) is 5.82 Å². The van der Waals surface area contributed by atoms with Crippen molar-refractivity contribution in [3.05, 3.63) is 68.8 Å². The Kier molecular flexibility index (Phi) is 5.08. The standard InChI is InChI=1S/C20H16FN3O5S/c1-29-20(28)13-8-12(21)3-2-11(13)9-24-6-5-23-10-14(18-22-4-7-30-18)16(25)17(26)15(23)19(24)27/h2-4,7-8,10,26H,5-6,9H2,1H3. The number of rotatable bonds is 4. The predicted molar refractivity (Wildman–Crippen MR) is 106 cm³/mol. The zero-order chi connectivity index (χ0) is 21.4. The van der Waals surface area contributed by atoms with Crippen LogP contribution in [0.1, 0.15) is 26.4 Å². The van der Waals surface area contributed by atoms with E-state index in [0.29, 0.717) is 17.1 Å². The van der Waals surface area contributed by atoms with Crippen molar-refractivity contribution in [2.75, 3.05) is 13.7 Å². The molecule has 0 aliphatic carbocycles. The highest BCUT2D eigenvalue weighted by Crippen LogP contribution is 2.27. The van der Waals surface area contributed by atoms with Crippen molar-refractivity contribution in [1.29, 1.82) is 0 Å². The molecule has 0 fully saturated rings. The normalized spacial score (nSPS) is 13.3. The zero-order valence-electron chi connectivity index (χ0n) is 15.8. The van der Waals surface area contributed by atoms with Crippen LogP contribution < -0.4 is 5.43 Å². The maximum absolute atomic E-state index is 13.6. The molecule has 2 aromatic heterocycles. The van der Waals surface area contributed by atoms with Crippen LogP contribution in [0.4, 0.5) is 4.39 Å². The number of thiazole rings is 1. The lowest BCUT2D eigenvalue weighted by molar-refractivity contribution is 0.0589. The molecule has 1 aromatic carbocycles. The van der Waals surface area contributed by atoms with Crippen LogP contribution in [-0.4, -0.2) is 45.1 Å². The molecule has 154 valence electrons. The van der Waals surface area contributed by atoms with Gasteiger partial charge < -0.3 is 19.3 Å². The molecular formula is C20H16FN3O5S. The van der Waals surface area contributed by atoms with E-state index in [1.807, 2.05) is 0 Å². The Labute approximate surface area is 173 Å². The Morgan fingerprint density at radius 3 is 2.83 bits per heavy atom. The molecule has 0 spiro atoms. The number of nitrogens with zero attached hydrogens (tertiary/aromatic N) is 3. The van der Waals surface area contributed by atoms with Crippen molar-refractivity contribution in [2.24, 2.45) is 0 Å². The van der Waals surface area contributed by atoms with E-state index >= 15 is 0 Å². The molecule has 30 heavy (non-hydrogen) atoms. The van der Waals surface area contributed by atoms with Crippen LogP contribution in [0.2, 0.25) is 0 Å². The Bertz CT molecular complexity index is 1210. The molecular weight excluding hydrogens is 413 g/mol. The number of carbonyl (C=O) groups is 2. The summed E-state index contributed by atoms with van der Waals surface area (Å²) in [5, 5.41) is 12.6. The maximum atomic E-state index is 13.6. The van der Waals surface area contributed by atoms with Crippen molar-refractivity contribution < 1.29 is 23.8 Å². The van der Waals surface area contributed by atoms with Crippen molar-refractivity contribution in [1.82, 2.24) is 14.5 Å². The van der Waals surface area contributed by atoms with Gasteiger partial charge in [-0.25, -0.2) is 14.2 Å². The Balaban J connectivity index is 1.70. The van der Waals surface area contributed by atoms with Crippen LogP contribution in [0.25, 0.3) is 10.6 Å². The first-order valence-corrected chi connectivity index (χ1v) is 9.81. The van der Waals surface area contributed by atoms with E-state index in [1.165, 1.54) is 46.2 Å². The van der Waals surface area contributed by atoms with Gasteiger partial charge in [0.05, 0.1) is 18.2 Å². The third-order valence-corrected chi connectivity index (χ3v) is 5.66. The monoisotopic (exact) mass is 429 g/mol. The number of amides is 1. The van der Waals surface area contributed by atoms with Gasteiger partial charge in [0, 0.05) is 37.4 Å². The number of benzene rings is 1. The van der Waals surface area contributed by atoms with Gasteiger partial charge in [-0.05, 0) is 17.7 Å². The summed E-state index contributed by atoms with van der Waals surface area (Å²) in [4.78, 5) is 43.1. The van der Waals surface area contributed by atoms with Crippen molar-refractivity contribution in [3.8, 4) is 16.3 Å². The van der Waals surface area contributed by atoms with Crippen molar-refractivity contribution in [2.45, 2.75) is 13.1 Å². The van der Waals surface area contributed by atoms with Crippen LogP contribution in [0.15, 0.2) is 40.8 Å². The summed E-state index contributed by atoms with van der Waals surface area (Å²) in [6.07, 6.45) is 3.07. The molecule has 1 N–H and O–H groups in total. The molecule has 3 aromatic rings. The molecule has 0 unspecified atom stereocenters. The molecule has 0 saturated carbocycles. The highest BCUT2D eigenvalue weighted by Gasteiger charge is 2.31. The van der Waals surface area contributed by atoms with E-state index in [1.54, 1.807) is 11.6 Å². The average Bonchev–Trinajstić information content (AvgIpc) is 3.27. The van der Waals surface area contributed by atoms with Gasteiger partial charge in [-0.15, -0.1) is 11.3 Å². The van der Waals surface area contributed by atoms with Gasteiger partial charge in [-0.2, -0.15) is 0 Å². The van der Waals surface area contributed by atoms with Gasteiger partial charge in [-0.3, -0.25) is 9.59 Å². The van der Waals surface area contributed by atoms with Gasteiger partial charge in [0.25, 0.3) is 5.91 Å². The van der Waals surface area contributed by atoms with Gasteiger partial charge in [0.2, 0.25) is 5.43 Å². The van der Waals surface area contributed by atoms with Crippen molar-refractivity contribution >= 4 is 23.2 Å². The number of aromatic nitrogens is 2. The van der Waals surface area contributed by atoms with Gasteiger partial charge >= 0.3 is 5.97 Å². The van der Waals surface area contributed by atoms with Crippen molar-refractivity contribution in [3.63, 3.8) is 0 Å². The summed E-state index contributed by atoms with van der Waals surface area (Å²) in [5.74, 6) is -2.54. The molecule has 1 aliphatic heterocycles. The number of fused-ring (bicyclic) bond motifs is 1. The molecule has 1 aliphatic rings. The number of methoxy groups -OCH3 is 1. The summed E-state index contributed by atoms with van der Waals surface area (Å²) in [6, 6.07) is 3.64. The minimum atomic E-state index is -0.721. The number of halogens is 1. The molecule has 4 rings (SSSR count). The molecule has 0 bridgehead atoms. The molecule has 1 amide bonds. The van der Waals surface area contributed by atoms with Crippen LogP contribution in [-0.2, 0) is 17.8 Å². The fourth-order valence-corrected chi connectivity index (χ4v) is 4.03. The molecule has 10 heteroatoms. The first-order valence-electron chi connectivity index (χ1n) is 8.93. The number of ether oxygens (including phenoxy) is 1. The van der Waals surface area contributed by atoms with Crippen LogP contribution >= 0.6 is 11.3 Å². The summed E-state index contributed by atoms with van der Waals surface area (Å²) >= 11 is 1.25. The smallest absolute Gasteiger partial charge is 0.338 e. The Morgan fingerprint density at radius 1 is 1.33 bits per heavy atom. The van der Waals surface area contributed by atoms with Crippen LogP contribution in [0.3, 0.4) is 0 Å². The third kappa shape index (κ3) is 3.35. The van der Waals surface area contributed by atoms with E-state index in [0.717, 1.165) is 6.07 Å². The number of hydrogen-bond donors (Lipinski definition) is 1. The van der Waals surface area contributed by atoms with Crippen LogP contribution in [0.5, 0.6) is 5.75 Å². The third-order valence-electron chi connectivity index (χ3n) is 4.86. The number of hydrogen-bond acceptors (Lipinski definition) is 7. The largest absolute Gasteiger partial charge is 0.503 e. The first kappa shape index (κ1) is 19.8. The maximum Gasteiger partial charge on any atom is 0.338 e. The quantitative estimate of drug-likeness (QED) is 0.639. The fourth-order valence-electron chi connectivity index (χ4n) is 3.38. The summed E-state index contributed by atoms with van der Waals surface area (Å²) < 4.78 is 19.8. The minimum absolute atomic E-state index is 0.00852. The second kappa shape index (κ2) is 7.71. The summed E-state index contributed by atoms with van der Waals surface area (Å²) in [6.45, 7) is 0.580. The van der Waals surface area contributed by atoms with E-state index in [2.05, 4.69) is 9.72 Å². The first-order chi connectivity index (χ1) is 14.4. The highest BCUT2D eigenvalue weighted by molar-refractivity contribution is 7.13. The number of esters is 1. The van der Waals surface area contributed by atoms with E-state index < -0.39 is 28.9 Å². The summed E-state index contributed by atoms with van der Waals surface area (Å²) in [7, 11) is 1.18. The van der Waals surface area contributed by atoms with Gasteiger partial charge in [-0.1, -0.05) is 6.07 Å². The molecule has 8 nitrogen and oxygen atoms in total. The minimum Gasteiger partial charge on any atom is -0.503 e. The Hall–Kier alpha value is -3.53. The number of pyridine rings is 1. The summed E-state index contributed by atoms with van der Waals surface area (Å²) in [5.41, 5.74) is -0.182. The fraction of sp³-hybridized carbons (Fsp3) is 0.200. The predicted octanol–water partition coefficient (Wildman–Crippen LogP) is 2.26.